The minimum atomic E-state index is -0.724. The maximum Gasteiger partial charge on any atom is 0.338 e. The van der Waals surface area contributed by atoms with E-state index in [1.54, 1.807) is 18.2 Å². The molecule has 218 valence electrons. The molecule has 5 rings (SSSR count). The molecule has 0 N–H and O–H groups in total. The highest BCUT2D eigenvalue weighted by molar-refractivity contribution is 8.18. The molecule has 11 nitrogen and oxygen atoms in total. The summed E-state index contributed by atoms with van der Waals surface area (Å²) in [6.07, 6.45) is 1.55. The van der Waals surface area contributed by atoms with Crippen molar-refractivity contribution in [3.63, 3.8) is 0 Å². The van der Waals surface area contributed by atoms with E-state index in [1.165, 1.54) is 32.4 Å². The normalized spacial score (nSPS) is 13.8. The Labute approximate surface area is 249 Å². The van der Waals surface area contributed by atoms with E-state index in [0.717, 1.165) is 33.5 Å². The fraction of sp³-hybridized carbons (Fsp3) is 0.129. The van der Waals surface area contributed by atoms with Gasteiger partial charge in [0.1, 0.15) is 12.4 Å². The lowest BCUT2D eigenvalue weighted by Crippen LogP contribution is -2.32. The van der Waals surface area contributed by atoms with Gasteiger partial charge in [0.05, 0.1) is 36.2 Å². The fourth-order valence-corrected chi connectivity index (χ4v) is 5.25. The van der Waals surface area contributed by atoms with Gasteiger partial charge in [0.2, 0.25) is 5.75 Å². The molecule has 0 unspecified atom stereocenters. The molecule has 0 aliphatic carbocycles. The number of imide groups is 1. The molecule has 1 saturated heterocycles. The molecule has 1 aliphatic heterocycles. The summed E-state index contributed by atoms with van der Waals surface area (Å²) in [5.74, 6) is -0.235. The van der Waals surface area contributed by atoms with Crippen molar-refractivity contribution in [1.82, 2.24) is 4.90 Å². The average Bonchev–Trinajstić information content (AvgIpc) is 3.28. The molecule has 4 aromatic carbocycles. The Morgan fingerprint density at radius 1 is 0.930 bits per heavy atom. The highest BCUT2D eigenvalue weighted by Crippen LogP contribution is 2.39. The molecule has 0 atom stereocenters. The van der Waals surface area contributed by atoms with Crippen LogP contribution in [0.3, 0.4) is 0 Å². The number of esters is 1. The second-order valence-electron chi connectivity index (χ2n) is 9.10. The van der Waals surface area contributed by atoms with Gasteiger partial charge < -0.3 is 18.9 Å². The standard InChI is InChI=1S/C31H24N2O9S/c1-39-27-16-19(10-12-26(27)42-25-13-11-21(30(35)40-2)18-23(25)33(37)38)17-28-29(34)32(31(36)43-28)14-15-41-24-9-5-7-20-6-3-4-8-22(20)24/h3-13,16-18H,14-15H2,1-2H3/b28-17-. The Morgan fingerprint density at radius 3 is 2.47 bits per heavy atom. The Bertz CT molecular complexity index is 1780. The third kappa shape index (κ3) is 6.28. The number of benzene rings is 4. The Kier molecular flexibility index (Phi) is 8.58. The van der Waals surface area contributed by atoms with E-state index in [9.17, 15) is 24.5 Å². The molecule has 43 heavy (non-hydrogen) atoms. The molecule has 0 radical (unpaired) electrons. The van der Waals surface area contributed by atoms with E-state index >= 15 is 0 Å². The van der Waals surface area contributed by atoms with Gasteiger partial charge in [0, 0.05) is 11.5 Å². The lowest BCUT2D eigenvalue weighted by molar-refractivity contribution is -0.385. The van der Waals surface area contributed by atoms with Crippen LogP contribution in [-0.2, 0) is 9.53 Å². The quantitative estimate of drug-likeness (QED) is 0.0865. The van der Waals surface area contributed by atoms with Crippen LogP contribution in [-0.4, -0.2) is 54.3 Å². The van der Waals surface area contributed by atoms with E-state index in [2.05, 4.69) is 4.74 Å². The number of hydrogen-bond acceptors (Lipinski definition) is 10. The van der Waals surface area contributed by atoms with E-state index in [1.807, 2.05) is 42.5 Å². The Morgan fingerprint density at radius 2 is 1.70 bits per heavy atom. The Balaban J connectivity index is 1.29. The van der Waals surface area contributed by atoms with Crippen LogP contribution in [0, 0.1) is 10.1 Å². The number of ether oxygens (including phenoxy) is 4. The molecule has 1 heterocycles. The summed E-state index contributed by atoms with van der Waals surface area (Å²) < 4.78 is 21.7. The number of hydrogen-bond donors (Lipinski definition) is 0. The van der Waals surface area contributed by atoms with Crippen molar-refractivity contribution in [3.05, 3.63) is 105 Å². The van der Waals surface area contributed by atoms with Gasteiger partial charge in [-0.1, -0.05) is 42.5 Å². The van der Waals surface area contributed by atoms with Crippen LogP contribution in [0.25, 0.3) is 16.8 Å². The minimum Gasteiger partial charge on any atom is -0.493 e. The Hall–Kier alpha value is -5.36. The largest absolute Gasteiger partial charge is 0.493 e. The van der Waals surface area contributed by atoms with Gasteiger partial charge >= 0.3 is 11.7 Å². The van der Waals surface area contributed by atoms with Crippen LogP contribution in [0.4, 0.5) is 10.5 Å². The lowest BCUT2D eigenvalue weighted by atomic mass is 10.1. The molecule has 1 fully saturated rings. The fourth-order valence-electron chi connectivity index (χ4n) is 4.38. The molecular weight excluding hydrogens is 576 g/mol. The summed E-state index contributed by atoms with van der Waals surface area (Å²) in [4.78, 5) is 49.8. The topological polar surface area (TPSA) is 135 Å². The highest BCUT2D eigenvalue weighted by atomic mass is 32.2. The lowest BCUT2D eigenvalue weighted by Gasteiger charge is -2.14. The number of methoxy groups -OCH3 is 2. The van der Waals surface area contributed by atoms with Gasteiger partial charge in [-0.25, -0.2) is 4.79 Å². The number of amides is 2. The van der Waals surface area contributed by atoms with Gasteiger partial charge in [-0.05, 0) is 59.1 Å². The minimum absolute atomic E-state index is 0.00191. The molecule has 12 heteroatoms. The first-order valence-corrected chi connectivity index (χ1v) is 13.7. The zero-order valence-electron chi connectivity index (χ0n) is 23.0. The maximum absolute atomic E-state index is 13.0. The van der Waals surface area contributed by atoms with E-state index in [4.69, 9.17) is 14.2 Å². The van der Waals surface area contributed by atoms with Gasteiger partial charge in [-0.3, -0.25) is 24.6 Å². The maximum atomic E-state index is 13.0. The van der Waals surface area contributed by atoms with Crippen molar-refractivity contribution in [1.29, 1.82) is 0 Å². The second kappa shape index (κ2) is 12.7. The highest BCUT2D eigenvalue weighted by Gasteiger charge is 2.35. The zero-order chi connectivity index (χ0) is 30.5. The van der Waals surface area contributed by atoms with Crippen LogP contribution >= 0.6 is 11.8 Å². The second-order valence-corrected chi connectivity index (χ2v) is 10.1. The average molecular weight is 601 g/mol. The van der Waals surface area contributed by atoms with Crippen LogP contribution < -0.4 is 14.2 Å². The smallest absolute Gasteiger partial charge is 0.338 e. The van der Waals surface area contributed by atoms with Crippen molar-refractivity contribution in [2.75, 3.05) is 27.4 Å². The van der Waals surface area contributed by atoms with Crippen molar-refractivity contribution < 1.29 is 38.3 Å². The van der Waals surface area contributed by atoms with E-state index in [0.29, 0.717) is 11.3 Å². The van der Waals surface area contributed by atoms with Crippen LogP contribution in [0.2, 0.25) is 0 Å². The van der Waals surface area contributed by atoms with Crippen molar-refractivity contribution in [2.24, 2.45) is 0 Å². The third-order valence-electron chi connectivity index (χ3n) is 6.48. The van der Waals surface area contributed by atoms with E-state index in [-0.39, 0.29) is 40.9 Å². The van der Waals surface area contributed by atoms with Gasteiger partial charge in [0.25, 0.3) is 11.1 Å². The number of nitro benzene ring substituents is 1. The number of carbonyl (C=O) groups is 3. The van der Waals surface area contributed by atoms with Crippen LogP contribution in [0.15, 0.2) is 83.8 Å². The van der Waals surface area contributed by atoms with Crippen molar-refractivity contribution in [2.45, 2.75) is 0 Å². The number of carbonyl (C=O) groups excluding carboxylic acids is 3. The summed E-state index contributed by atoms with van der Waals surface area (Å²) in [7, 11) is 2.57. The molecule has 0 bridgehead atoms. The molecule has 0 saturated carbocycles. The SMILES string of the molecule is COC(=O)c1ccc(Oc2ccc(/C=C3\SC(=O)N(CCOc4cccc5ccccc45)C3=O)cc2OC)c([N+](=O)[O-])c1. The van der Waals surface area contributed by atoms with Crippen molar-refractivity contribution >= 4 is 51.4 Å². The molecule has 0 aromatic heterocycles. The zero-order valence-corrected chi connectivity index (χ0v) is 23.8. The summed E-state index contributed by atoms with van der Waals surface area (Å²) in [5, 5.41) is 13.2. The van der Waals surface area contributed by atoms with Gasteiger partial charge in [0.15, 0.2) is 11.5 Å². The molecule has 4 aromatic rings. The van der Waals surface area contributed by atoms with Crippen LogP contribution in [0.5, 0.6) is 23.0 Å². The predicted octanol–water partition coefficient (Wildman–Crippen LogP) is 6.45. The van der Waals surface area contributed by atoms with Gasteiger partial charge in [-0.15, -0.1) is 0 Å². The van der Waals surface area contributed by atoms with Gasteiger partial charge in [-0.2, -0.15) is 0 Å². The molecule has 2 amide bonds. The summed E-state index contributed by atoms with van der Waals surface area (Å²) in [5.41, 5.74) is 0.0994. The predicted molar refractivity (Wildman–Crippen MR) is 160 cm³/mol. The summed E-state index contributed by atoms with van der Waals surface area (Å²) >= 11 is 0.815. The first-order valence-electron chi connectivity index (χ1n) is 12.9. The monoisotopic (exact) mass is 600 g/mol. The van der Waals surface area contributed by atoms with Crippen molar-refractivity contribution in [3.8, 4) is 23.0 Å². The molecular formula is C31H24N2O9S. The molecule has 0 spiro atoms. The summed E-state index contributed by atoms with van der Waals surface area (Å²) in [6, 6.07) is 21.9. The third-order valence-corrected chi connectivity index (χ3v) is 7.39. The van der Waals surface area contributed by atoms with E-state index < -0.39 is 27.7 Å². The number of rotatable bonds is 10. The molecule has 1 aliphatic rings. The van der Waals surface area contributed by atoms with Crippen LogP contribution in [0.1, 0.15) is 15.9 Å². The first-order chi connectivity index (χ1) is 20.8. The number of fused-ring (bicyclic) bond motifs is 1. The first kappa shape index (κ1) is 29.1. The number of thioether (sulfide) groups is 1. The summed E-state index contributed by atoms with van der Waals surface area (Å²) in [6.45, 7) is 0.209. The number of nitrogens with zero attached hydrogens (tertiary/aromatic N) is 2. The number of nitro groups is 1.